The summed E-state index contributed by atoms with van der Waals surface area (Å²) < 4.78 is 0. The van der Waals surface area contributed by atoms with Crippen LogP contribution in [-0.4, -0.2) is 64.0 Å². The van der Waals surface area contributed by atoms with Crippen LogP contribution >= 0.6 is 0 Å². The molecule has 6 nitrogen and oxygen atoms in total. The molecule has 2 N–H and O–H groups in total. The van der Waals surface area contributed by atoms with Crippen molar-refractivity contribution in [3.63, 3.8) is 0 Å². The second-order valence-corrected chi connectivity index (χ2v) is 11.9. The molecule has 1 saturated carbocycles. The minimum atomic E-state index is -0.851. The van der Waals surface area contributed by atoms with E-state index in [1.54, 1.807) is 0 Å². The largest absolute Gasteiger partial charge is 0.390 e. The third-order valence-electron chi connectivity index (χ3n) is 9.40. The van der Waals surface area contributed by atoms with Crippen LogP contribution in [0.1, 0.15) is 81.9 Å². The van der Waals surface area contributed by atoms with Gasteiger partial charge in [0.1, 0.15) is 11.6 Å². The van der Waals surface area contributed by atoms with Gasteiger partial charge in [-0.25, -0.2) is 0 Å². The standard InChI is InChI=1S/C34H45N3O3/c1-2-3-23-37-32(39)30(31(38)28-17-11-6-12-18-28)35-33(40)34(37)21-24-36(25-22-34)29(27-15-9-5-10-16-27)20-19-26-13-7-4-8-14-26/h4-5,7-10,13-16,19-20,28-31,38H,2-3,6,11-12,17-18,21-25H2,1H3,(H,35,40)/t29?,30-,31-/m1/s1. The van der Waals surface area contributed by atoms with E-state index in [0.29, 0.717) is 32.5 Å². The number of amides is 2. The van der Waals surface area contributed by atoms with Gasteiger partial charge in [0.15, 0.2) is 0 Å². The fourth-order valence-corrected chi connectivity index (χ4v) is 6.99. The van der Waals surface area contributed by atoms with Crippen molar-refractivity contribution in [3.8, 4) is 0 Å². The first-order chi connectivity index (χ1) is 19.5. The molecule has 0 aromatic heterocycles. The molecule has 2 aromatic carbocycles. The molecule has 3 aliphatic rings. The number of benzene rings is 2. The lowest BCUT2D eigenvalue weighted by Gasteiger charge is -2.53. The Morgan fingerprint density at radius 2 is 1.62 bits per heavy atom. The molecule has 2 aromatic rings. The number of unbranched alkanes of at least 4 members (excludes halogenated alkanes) is 1. The van der Waals surface area contributed by atoms with Gasteiger partial charge in [-0.05, 0) is 49.1 Å². The van der Waals surface area contributed by atoms with Crippen LogP contribution in [0.2, 0.25) is 0 Å². The summed E-state index contributed by atoms with van der Waals surface area (Å²) in [4.78, 5) is 32.1. The van der Waals surface area contributed by atoms with Gasteiger partial charge in [-0.2, -0.15) is 0 Å². The lowest BCUT2D eigenvalue weighted by molar-refractivity contribution is -0.166. The number of piperidine rings is 1. The summed E-state index contributed by atoms with van der Waals surface area (Å²) in [5.74, 6) is -0.100. The molecule has 2 saturated heterocycles. The summed E-state index contributed by atoms with van der Waals surface area (Å²) in [6.07, 6.45) is 11.8. The fraction of sp³-hybridized carbons (Fsp3) is 0.529. The van der Waals surface area contributed by atoms with Crippen molar-refractivity contribution in [2.24, 2.45) is 5.92 Å². The van der Waals surface area contributed by atoms with E-state index < -0.39 is 17.7 Å². The SMILES string of the molecule is CCCCN1C(=O)[C@@H]([C@H](O)C2CCCCC2)NC(=O)C12CCN(C(C=Cc1ccccc1)c1ccccc1)CC2. The van der Waals surface area contributed by atoms with E-state index in [1.807, 2.05) is 29.2 Å². The third-order valence-corrected chi connectivity index (χ3v) is 9.40. The Morgan fingerprint density at radius 3 is 2.27 bits per heavy atom. The molecule has 2 aliphatic heterocycles. The highest BCUT2D eigenvalue weighted by atomic mass is 16.3. The van der Waals surface area contributed by atoms with Gasteiger partial charge in [0.05, 0.1) is 12.1 Å². The molecule has 1 spiro atoms. The number of aliphatic hydroxyl groups is 1. The summed E-state index contributed by atoms with van der Waals surface area (Å²) in [5.41, 5.74) is 1.52. The van der Waals surface area contributed by atoms with Gasteiger partial charge in [-0.1, -0.05) is 105 Å². The maximum absolute atomic E-state index is 14.0. The van der Waals surface area contributed by atoms with Crippen LogP contribution in [0.5, 0.6) is 0 Å². The van der Waals surface area contributed by atoms with E-state index in [4.69, 9.17) is 0 Å². The number of hydrogen-bond acceptors (Lipinski definition) is 4. The van der Waals surface area contributed by atoms with Crippen LogP contribution < -0.4 is 5.32 Å². The molecule has 3 fully saturated rings. The Hall–Kier alpha value is -2.96. The highest BCUT2D eigenvalue weighted by molar-refractivity contribution is 6.00. The Balaban J connectivity index is 1.35. The summed E-state index contributed by atoms with van der Waals surface area (Å²) in [7, 11) is 0. The second kappa shape index (κ2) is 13.1. The topological polar surface area (TPSA) is 72.9 Å². The van der Waals surface area contributed by atoms with E-state index in [9.17, 15) is 14.7 Å². The van der Waals surface area contributed by atoms with Crippen LogP contribution in [0.25, 0.3) is 6.08 Å². The van der Waals surface area contributed by atoms with Crippen molar-refractivity contribution < 1.29 is 14.7 Å². The molecular formula is C34H45N3O3. The molecule has 214 valence electrons. The van der Waals surface area contributed by atoms with Crippen molar-refractivity contribution >= 4 is 17.9 Å². The van der Waals surface area contributed by atoms with E-state index in [0.717, 1.165) is 44.1 Å². The zero-order valence-corrected chi connectivity index (χ0v) is 23.9. The molecule has 5 rings (SSSR count). The number of carbonyl (C=O) groups excluding carboxylic acids is 2. The van der Waals surface area contributed by atoms with Gasteiger partial charge in [-0.3, -0.25) is 14.5 Å². The maximum Gasteiger partial charge on any atom is 0.248 e. The smallest absolute Gasteiger partial charge is 0.248 e. The molecule has 6 heteroatoms. The first-order valence-corrected chi connectivity index (χ1v) is 15.4. The Morgan fingerprint density at radius 1 is 0.975 bits per heavy atom. The molecule has 1 aliphatic carbocycles. The van der Waals surface area contributed by atoms with Gasteiger partial charge >= 0.3 is 0 Å². The maximum atomic E-state index is 14.0. The van der Waals surface area contributed by atoms with Crippen molar-refractivity contribution in [2.45, 2.75) is 88.4 Å². The van der Waals surface area contributed by atoms with Crippen LogP contribution in [-0.2, 0) is 9.59 Å². The Kier molecular flexibility index (Phi) is 9.38. The zero-order valence-electron chi connectivity index (χ0n) is 23.9. The molecule has 40 heavy (non-hydrogen) atoms. The number of nitrogens with one attached hydrogen (secondary N) is 1. The number of hydrogen-bond donors (Lipinski definition) is 2. The molecular weight excluding hydrogens is 498 g/mol. The van der Waals surface area contributed by atoms with Gasteiger partial charge in [-0.15, -0.1) is 0 Å². The highest BCUT2D eigenvalue weighted by Crippen LogP contribution is 2.38. The highest BCUT2D eigenvalue weighted by Gasteiger charge is 2.55. The normalized spacial score (nSPS) is 23.9. The van der Waals surface area contributed by atoms with E-state index in [1.165, 1.54) is 12.0 Å². The first kappa shape index (κ1) is 28.6. The van der Waals surface area contributed by atoms with Crippen molar-refractivity contribution in [1.82, 2.24) is 15.1 Å². The number of nitrogens with zero attached hydrogens (tertiary/aromatic N) is 2. The molecule has 2 heterocycles. The predicted octanol–water partition coefficient (Wildman–Crippen LogP) is 5.34. The van der Waals surface area contributed by atoms with Gasteiger partial charge < -0.3 is 15.3 Å². The van der Waals surface area contributed by atoms with Crippen molar-refractivity contribution in [1.29, 1.82) is 0 Å². The number of carbonyl (C=O) groups is 2. The minimum Gasteiger partial charge on any atom is -0.390 e. The summed E-state index contributed by atoms with van der Waals surface area (Å²) in [6, 6.07) is 20.1. The molecule has 2 amide bonds. The molecule has 0 radical (unpaired) electrons. The van der Waals surface area contributed by atoms with E-state index in [-0.39, 0.29) is 23.8 Å². The molecule has 1 unspecified atom stereocenters. The van der Waals surface area contributed by atoms with E-state index >= 15 is 0 Å². The average Bonchev–Trinajstić information content (AvgIpc) is 3.01. The van der Waals surface area contributed by atoms with Crippen LogP contribution in [0.3, 0.4) is 0 Å². The quantitative estimate of drug-likeness (QED) is 0.448. The van der Waals surface area contributed by atoms with Gasteiger partial charge in [0.2, 0.25) is 11.8 Å². The Bertz CT molecular complexity index is 1140. The number of aliphatic hydroxyl groups excluding tert-OH is 1. The van der Waals surface area contributed by atoms with Crippen LogP contribution in [0, 0.1) is 5.92 Å². The molecule has 3 atom stereocenters. The lowest BCUT2D eigenvalue weighted by atomic mass is 9.77. The second-order valence-electron chi connectivity index (χ2n) is 11.9. The first-order valence-electron chi connectivity index (χ1n) is 15.4. The molecule has 0 bridgehead atoms. The number of piperazine rings is 1. The van der Waals surface area contributed by atoms with E-state index in [2.05, 4.69) is 65.7 Å². The average molecular weight is 544 g/mol. The summed E-state index contributed by atoms with van der Waals surface area (Å²) >= 11 is 0. The van der Waals surface area contributed by atoms with Gasteiger partial charge in [0.25, 0.3) is 0 Å². The summed E-state index contributed by atoms with van der Waals surface area (Å²) in [6.45, 7) is 4.09. The van der Waals surface area contributed by atoms with Crippen LogP contribution in [0.15, 0.2) is 66.7 Å². The zero-order chi connectivity index (χ0) is 28.0. The number of rotatable bonds is 9. The third kappa shape index (κ3) is 6.03. The van der Waals surface area contributed by atoms with Crippen LogP contribution in [0.4, 0.5) is 0 Å². The fourth-order valence-electron chi connectivity index (χ4n) is 6.99. The minimum absolute atomic E-state index is 0.0751. The predicted molar refractivity (Wildman–Crippen MR) is 159 cm³/mol. The monoisotopic (exact) mass is 543 g/mol. The van der Waals surface area contributed by atoms with Crippen molar-refractivity contribution in [2.75, 3.05) is 19.6 Å². The lowest BCUT2D eigenvalue weighted by Crippen LogP contribution is -2.75. The van der Waals surface area contributed by atoms with Crippen molar-refractivity contribution in [3.05, 3.63) is 77.9 Å². The number of likely N-dealkylation sites (tertiary alicyclic amines) is 1. The summed E-state index contributed by atoms with van der Waals surface area (Å²) in [5, 5.41) is 14.3. The van der Waals surface area contributed by atoms with Gasteiger partial charge in [0, 0.05) is 19.6 Å². The Labute approximate surface area is 239 Å².